The summed E-state index contributed by atoms with van der Waals surface area (Å²) < 4.78 is 0. The van der Waals surface area contributed by atoms with E-state index in [1.54, 1.807) is 30.3 Å². The van der Waals surface area contributed by atoms with Crippen LogP contribution in [0.2, 0.25) is 5.02 Å². The van der Waals surface area contributed by atoms with E-state index in [0.29, 0.717) is 10.6 Å². The molecule has 6 nitrogen and oxygen atoms in total. The molecule has 118 valence electrons. The third-order valence-corrected chi connectivity index (χ3v) is 3.37. The maximum absolute atomic E-state index is 12.0. The van der Waals surface area contributed by atoms with E-state index in [-0.39, 0.29) is 30.0 Å². The number of hydrogen-bond acceptors (Lipinski definition) is 4. The lowest BCUT2D eigenvalue weighted by Gasteiger charge is -2.05. The summed E-state index contributed by atoms with van der Waals surface area (Å²) in [4.78, 5) is 34.1. The molecule has 1 amide bonds. The van der Waals surface area contributed by atoms with Crippen LogP contribution in [0.4, 0.5) is 11.4 Å². The Bertz CT molecular complexity index is 744. The molecule has 2 rings (SSSR count). The predicted molar refractivity (Wildman–Crippen MR) is 86.7 cm³/mol. The highest BCUT2D eigenvalue weighted by Gasteiger charge is 2.15. The van der Waals surface area contributed by atoms with Crippen molar-refractivity contribution >= 4 is 34.7 Å². The fraction of sp³-hybridized carbons (Fsp3) is 0.125. The lowest BCUT2D eigenvalue weighted by molar-refractivity contribution is -0.383. The first-order valence-corrected chi connectivity index (χ1v) is 7.17. The second-order valence-corrected chi connectivity index (χ2v) is 5.19. The number of para-hydroxylation sites is 2. The van der Waals surface area contributed by atoms with Crippen LogP contribution in [0.5, 0.6) is 0 Å². The average Bonchev–Trinajstić information content (AvgIpc) is 2.53. The maximum atomic E-state index is 12.0. The van der Waals surface area contributed by atoms with Crippen LogP contribution in [0.25, 0.3) is 0 Å². The van der Waals surface area contributed by atoms with Crippen LogP contribution in [-0.2, 0) is 4.79 Å². The Morgan fingerprint density at radius 2 is 1.70 bits per heavy atom. The number of anilines is 1. The number of amides is 1. The Morgan fingerprint density at radius 1 is 1.04 bits per heavy atom. The summed E-state index contributed by atoms with van der Waals surface area (Å²) >= 11 is 5.74. The van der Waals surface area contributed by atoms with Crippen molar-refractivity contribution in [3.05, 3.63) is 69.2 Å². The first-order valence-electron chi connectivity index (χ1n) is 6.79. The van der Waals surface area contributed by atoms with E-state index in [2.05, 4.69) is 5.32 Å². The van der Waals surface area contributed by atoms with Gasteiger partial charge in [-0.05, 0) is 30.3 Å². The molecule has 0 saturated heterocycles. The standard InChI is InChI=1S/C16H13ClN2O4/c17-12-7-5-11(6-8-12)15(20)9-10-16(21)18-13-3-1-2-4-14(13)19(22)23/h1-8H,9-10H2,(H,18,21). The van der Waals surface area contributed by atoms with Crippen molar-refractivity contribution in [1.82, 2.24) is 0 Å². The van der Waals surface area contributed by atoms with Crippen LogP contribution in [-0.4, -0.2) is 16.6 Å². The van der Waals surface area contributed by atoms with Gasteiger partial charge >= 0.3 is 0 Å². The second-order valence-electron chi connectivity index (χ2n) is 4.75. The summed E-state index contributed by atoms with van der Waals surface area (Å²) in [6.45, 7) is 0. The quantitative estimate of drug-likeness (QED) is 0.494. The van der Waals surface area contributed by atoms with Crippen LogP contribution in [0, 0.1) is 10.1 Å². The summed E-state index contributed by atoms with van der Waals surface area (Å²) in [5, 5.41) is 13.8. The summed E-state index contributed by atoms with van der Waals surface area (Å²) in [6.07, 6.45) is -0.0540. The van der Waals surface area contributed by atoms with Crippen molar-refractivity contribution in [3.8, 4) is 0 Å². The van der Waals surface area contributed by atoms with Gasteiger partial charge in [-0.2, -0.15) is 0 Å². The third kappa shape index (κ3) is 4.62. The molecule has 0 atom stereocenters. The normalized spacial score (nSPS) is 10.1. The number of nitro groups is 1. The first kappa shape index (κ1) is 16.6. The molecule has 0 aliphatic heterocycles. The molecule has 2 aromatic rings. The number of hydrogen-bond donors (Lipinski definition) is 1. The second kappa shape index (κ2) is 7.51. The number of halogens is 1. The van der Waals surface area contributed by atoms with Crippen molar-refractivity contribution in [2.75, 3.05) is 5.32 Å². The summed E-state index contributed by atoms with van der Waals surface area (Å²) in [7, 11) is 0. The molecule has 0 aliphatic carbocycles. The Morgan fingerprint density at radius 3 is 2.35 bits per heavy atom. The molecule has 0 heterocycles. The number of carbonyl (C=O) groups excluding carboxylic acids is 2. The monoisotopic (exact) mass is 332 g/mol. The van der Waals surface area contributed by atoms with Crippen LogP contribution >= 0.6 is 11.6 Å². The van der Waals surface area contributed by atoms with Crippen LogP contribution < -0.4 is 5.32 Å². The number of nitrogens with zero attached hydrogens (tertiary/aromatic N) is 1. The number of carbonyl (C=O) groups is 2. The minimum absolute atomic E-state index is 0.00803. The van der Waals surface area contributed by atoms with Crippen molar-refractivity contribution in [2.24, 2.45) is 0 Å². The number of ketones is 1. The fourth-order valence-electron chi connectivity index (χ4n) is 1.96. The van der Waals surface area contributed by atoms with Crippen LogP contribution in [0.3, 0.4) is 0 Å². The number of nitrogens with one attached hydrogen (secondary N) is 1. The topological polar surface area (TPSA) is 89.3 Å². The highest BCUT2D eigenvalue weighted by Crippen LogP contribution is 2.23. The van der Waals surface area contributed by atoms with Crippen LogP contribution in [0.1, 0.15) is 23.2 Å². The molecule has 2 aromatic carbocycles. The lowest BCUT2D eigenvalue weighted by atomic mass is 10.1. The van der Waals surface area contributed by atoms with E-state index in [9.17, 15) is 19.7 Å². The molecule has 0 saturated carbocycles. The van der Waals surface area contributed by atoms with E-state index in [0.717, 1.165) is 0 Å². The molecule has 0 unspecified atom stereocenters. The van der Waals surface area contributed by atoms with Gasteiger partial charge in [-0.15, -0.1) is 0 Å². The Hall–Kier alpha value is -2.73. The van der Waals surface area contributed by atoms with Gasteiger partial charge in [-0.3, -0.25) is 19.7 Å². The molecular formula is C16H13ClN2O4. The Kier molecular flexibility index (Phi) is 5.43. The summed E-state index contributed by atoms with van der Waals surface area (Å²) in [5.74, 6) is -0.652. The number of Topliss-reactive ketones (excluding diaryl/α,β-unsaturated/α-hetero) is 1. The first-order chi connectivity index (χ1) is 11.0. The van der Waals surface area contributed by atoms with Gasteiger partial charge in [0, 0.05) is 29.5 Å². The van der Waals surface area contributed by atoms with E-state index >= 15 is 0 Å². The predicted octanol–water partition coefficient (Wildman–Crippen LogP) is 3.85. The number of nitro benzene ring substituents is 1. The fourth-order valence-corrected chi connectivity index (χ4v) is 2.08. The van der Waals surface area contributed by atoms with Crippen molar-refractivity contribution in [1.29, 1.82) is 0 Å². The molecule has 23 heavy (non-hydrogen) atoms. The number of benzene rings is 2. The van der Waals surface area contributed by atoms with E-state index < -0.39 is 10.8 Å². The zero-order valence-electron chi connectivity index (χ0n) is 12.0. The molecule has 0 bridgehead atoms. The smallest absolute Gasteiger partial charge is 0.292 e. The van der Waals surface area contributed by atoms with Crippen molar-refractivity contribution in [3.63, 3.8) is 0 Å². The molecule has 0 aliphatic rings. The maximum Gasteiger partial charge on any atom is 0.292 e. The highest BCUT2D eigenvalue weighted by atomic mass is 35.5. The van der Waals surface area contributed by atoms with Gasteiger partial charge in [0.25, 0.3) is 5.69 Å². The van der Waals surface area contributed by atoms with Gasteiger partial charge in [0.1, 0.15) is 5.69 Å². The molecule has 7 heteroatoms. The summed E-state index contributed by atoms with van der Waals surface area (Å²) in [6, 6.07) is 12.2. The van der Waals surface area contributed by atoms with Crippen LogP contribution in [0.15, 0.2) is 48.5 Å². The van der Waals surface area contributed by atoms with Gasteiger partial charge in [0.15, 0.2) is 5.78 Å². The molecule has 1 N–H and O–H groups in total. The molecule has 0 radical (unpaired) electrons. The molecular weight excluding hydrogens is 320 g/mol. The third-order valence-electron chi connectivity index (χ3n) is 3.12. The minimum Gasteiger partial charge on any atom is -0.320 e. The summed E-state index contributed by atoms with van der Waals surface area (Å²) in [5.41, 5.74) is 0.388. The number of rotatable bonds is 6. The largest absolute Gasteiger partial charge is 0.320 e. The minimum atomic E-state index is -0.575. The zero-order valence-corrected chi connectivity index (χ0v) is 12.7. The van der Waals surface area contributed by atoms with Gasteiger partial charge in [0.2, 0.25) is 5.91 Å². The van der Waals surface area contributed by atoms with Crippen molar-refractivity contribution in [2.45, 2.75) is 12.8 Å². The van der Waals surface area contributed by atoms with Gasteiger partial charge in [-0.1, -0.05) is 23.7 Å². The highest BCUT2D eigenvalue weighted by molar-refractivity contribution is 6.30. The van der Waals surface area contributed by atoms with Gasteiger partial charge < -0.3 is 5.32 Å². The lowest BCUT2D eigenvalue weighted by Crippen LogP contribution is -2.14. The molecule has 0 aromatic heterocycles. The van der Waals surface area contributed by atoms with E-state index in [1.807, 2.05) is 0 Å². The average molecular weight is 333 g/mol. The molecule has 0 fully saturated rings. The SMILES string of the molecule is O=C(CCC(=O)c1ccc(Cl)cc1)Nc1ccccc1[N+](=O)[O-]. The van der Waals surface area contributed by atoms with E-state index in [1.165, 1.54) is 18.2 Å². The zero-order chi connectivity index (χ0) is 16.8. The van der Waals surface area contributed by atoms with Gasteiger partial charge in [-0.25, -0.2) is 0 Å². The Labute approximate surface area is 137 Å². The van der Waals surface area contributed by atoms with Crippen molar-refractivity contribution < 1.29 is 14.5 Å². The Balaban J connectivity index is 1.94. The van der Waals surface area contributed by atoms with E-state index in [4.69, 9.17) is 11.6 Å². The molecule has 0 spiro atoms. The van der Waals surface area contributed by atoms with Gasteiger partial charge in [0.05, 0.1) is 4.92 Å².